The predicted molar refractivity (Wildman–Crippen MR) is 63.8 cm³/mol. The Labute approximate surface area is 101 Å². The number of hydrogen-bond acceptors (Lipinski definition) is 4. The minimum absolute atomic E-state index is 0.132. The van der Waals surface area contributed by atoms with Gasteiger partial charge in [-0.25, -0.2) is 0 Å². The van der Waals surface area contributed by atoms with E-state index in [1.807, 2.05) is 16.9 Å². The summed E-state index contributed by atoms with van der Waals surface area (Å²) in [6.07, 6.45) is 4.08. The number of aromatic nitrogens is 2. The van der Waals surface area contributed by atoms with E-state index in [0.29, 0.717) is 12.6 Å². The Bertz CT molecular complexity index is 347. The molecule has 0 fully saturated rings. The van der Waals surface area contributed by atoms with Crippen molar-refractivity contribution in [1.29, 1.82) is 0 Å². The molecule has 96 valence electrons. The number of carbonyl (C=O) groups excluding carboxylic acids is 1. The second kappa shape index (κ2) is 7.03. The molecule has 0 atom stereocenters. The third kappa shape index (κ3) is 4.54. The number of amides is 1. The van der Waals surface area contributed by atoms with Crippen LogP contribution < -0.4 is 11.2 Å². The first kappa shape index (κ1) is 13.7. The highest BCUT2D eigenvalue weighted by Gasteiger charge is 2.07. The Morgan fingerprint density at radius 1 is 1.59 bits per heavy atom. The molecule has 1 amide bonds. The molecule has 3 N–H and O–H groups in total. The van der Waals surface area contributed by atoms with Crippen molar-refractivity contribution in [1.82, 2.24) is 15.3 Å². The molecule has 1 aromatic heterocycles. The average Bonchev–Trinajstić information content (AvgIpc) is 2.75. The van der Waals surface area contributed by atoms with Crippen LogP contribution in [0.3, 0.4) is 0 Å². The van der Waals surface area contributed by atoms with Crippen molar-refractivity contribution in [3.63, 3.8) is 0 Å². The first-order valence-corrected chi connectivity index (χ1v) is 5.84. The predicted octanol–water partition coefficient (Wildman–Crippen LogP) is 0.751. The molecule has 0 aromatic carbocycles. The number of hydrogen-bond donors (Lipinski definition) is 2. The fourth-order valence-corrected chi connectivity index (χ4v) is 1.58. The summed E-state index contributed by atoms with van der Waals surface area (Å²) in [7, 11) is 0. The van der Waals surface area contributed by atoms with Gasteiger partial charge in [-0.05, 0) is 18.9 Å². The van der Waals surface area contributed by atoms with E-state index in [1.165, 1.54) is 0 Å². The molecule has 0 aliphatic heterocycles. The lowest BCUT2D eigenvalue weighted by Gasteiger charge is -2.12. The van der Waals surface area contributed by atoms with Gasteiger partial charge in [-0.2, -0.15) is 10.6 Å². The summed E-state index contributed by atoms with van der Waals surface area (Å²) in [5.74, 6) is -0.500. The van der Waals surface area contributed by atoms with Crippen LogP contribution in [0.25, 0.3) is 0 Å². The molecule has 0 radical (unpaired) electrons. The van der Waals surface area contributed by atoms with E-state index < -0.39 is 5.91 Å². The lowest BCUT2D eigenvalue weighted by molar-refractivity contribution is -0.125. The number of nitrogens with one attached hydrogen (secondary N) is 1. The maximum Gasteiger partial charge on any atom is 0.245 e. The van der Waals surface area contributed by atoms with Crippen LogP contribution >= 0.6 is 0 Å². The number of rotatable bonds is 8. The van der Waals surface area contributed by atoms with Crippen molar-refractivity contribution < 1.29 is 9.63 Å². The second-order valence-corrected chi connectivity index (χ2v) is 3.83. The Balaban J connectivity index is 2.37. The number of nitrogens with zero attached hydrogens (tertiary/aromatic N) is 2. The third-order valence-corrected chi connectivity index (χ3v) is 2.55. The van der Waals surface area contributed by atoms with Crippen LogP contribution in [0.1, 0.15) is 38.4 Å². The number of primary amides is 1. The Kier molecular flexibility index (Phi) is 5.65. The highest BCUT2D eigenvalue weighted by molar-refractivity contribution is 5.74. The first-order valence-electron chi connectivity index (χ1n) is 5.84. The van der Waals surface area contributed by atoms with Gasteiger partial charge in [0, 0.05) is 6.20 Å². The maximum absolute atomic E-state index is 10.4. The lowest BCUT2D eigenvalue weighted by Crippen LogP contribution is -2.24. The standard InChI is InChI=1S/C11H20N4O2/c1-3-10(4-2)15-6-5-9(14-15)7-13-17-8-11(12)16/h5-6,10,13H,3-4,7-8H2,1-2H3,(H2,12,16). The minimum Gasteiger partial charge on any atom is -0.368 e. The van der Waals surface area contributed by atoms with Gasteiger partial charge in [0.1, 0.15) is 6.61 Å². The molecule has 6 heteroatoms. The fourth-order valence-electron chi connectivity index (χ4n) is 1.58. The van der Waals surface area contributed by atoms with E-state index in [2.05, 4.69) is 24.4 Å². The van der Waals surface area contributed by atoms with Gasteiger partial charge in [-0.1, -0.05) is 13.8 Å². The van der Waals surface area contributed by atoms with Gasteiger partial charge in [-0.3, -0.25) is 14.3 Å². The molecule has 1 aromatic rings. The van der Waals surface area contributed by atoms with Crippen molar-refractivity contribution in [3.8, 4) is 0 Å². The van der Waals surface area contributed by atoms with Crippen molar-refractivity contribution >= 4 is 5.91 Å². The van der Waals surface area contributed by atoms with Gasteiger partial charge in [0.2, 0.25) is 5.91 Å². The van der Waals surface area contributed by atoms with Gasteiger partial charge in [-0.15, -0.1) is 0 Å². The van der Waals surface area contributed by atoms with Crippen LogP contribution in [-0.4, -0.2) is 22.3 Å². The van der Waals surface area contributed by atoms with E-state index in [4.69, 9.17) is 10.6 Å². The van der Waals surface area contributed by atoms with Crippen LogP contribution in [0.4, 0.5) is 0 Å². The molecule has 1 rings (SSSR count). The summed E-state index contributed by atoms with van der Waals surface area (Å²) >= 11 is 0. The molecule has 1 heterocycles. The summed E-state index contributed by atoms with van der Waals surface area (Å²) < 4.78 is 1.96. The van der Waals surface area contributed by atoms with E-state index in [1.54, 1.807) is 0 Å². The minimum atomic E-state index is -0.500. The molecule has 0 aliphatic carbocycles. The zero-order chi connectivity index (χ0) is 12.7. The summed E-state index contributed by atoms with van der Waals surface area (Å²) in [5, 5.41) is 4.43. The van der Waals surface area contributed by atoms with E-state index >= 15 is 0 Å². The molecule has 0 saturated carbocycles. The first-order chi connectivity index (χ1) is 8.17. The monoisotopic (exact) mass is 240 g/mol. The molecule has 6 nitrogen and oxygen atoms in total. The van der Waals surface area contributed by atoms with Crippen molar-refractivity contribution in [2.75, 3.05) is 6.61 Å². The van der Waals surface area contributed by atoms with Crippen LogP contribution in [0, 0.1) is 0 Å². The number of hydroxylamine groups is 1. The van der Waals surface area contributed by atoms with Gasteiger partial charge >= 0.3 is 0 Å². The highest BCUT2D eigenvalue weighted by Crippen LogP contribution is 2.14. The Hall–Kier alpha value is -1.40. The smallest absolute Gasteiger partial charge is 0.245 e. The average molecular weight is 240 g/mol. The highest BCUT2D eigenvalue weighted by atomic mass is 16.6. The Morgan fingerprint density at radius 3 is 2.88 bits per heavy atom. The van der Waals surface area contributed by atoms with Crippen LogP contribution in [0.15, 0.2) is 12.3 Å². The normalized spacial score (nSPS) is 11.0. The zero-order valence-corrected chi connectivity index (χ0v) is 10.3. The zero-order valence-electron chi connectivity index (χ0n) is 10.3. The van der Waals surface area contributed by atoms with Crippen molar-refractivity contribution in [2.45, 2.75) is 39.3 Å². The maximum atomic E-state index is 10.4. The quantitative estimate of drug-likeness (QED) is 0.519. The van der Waals surface area contributed by atoms with Crippen molar-refractivity contribution in [3.05, 3.63) is 18.0 Å². The van der Waals surface area contributed by atoms with Crippen LogP contribution in [0.2, 0.25) is 0 Å². The molecule has 17 heavy (non-hydrogen) atoms. The van der Waals surface area contributed by atoms with E-state index in [0.717, 1.165) is 18.5 Å². The molecule has 0 aliphatic rings. The lowest BCUT2D eigenvalue weighted by atomic mass is 10.2. The van der Waals surface area contributed by atoms with Crippen LogP contribution in [0.5, 0.6) is 0 Å². The van der Waals surface area contributed by atoms with Gasteiger partial charge in [0.05, 0.1) is 18.3 Å². The molecule has 0 saturated heterocycles. The topological polar surface area (TPSA) is 82.2 Å². The van der Waals surface area contributed by atoms with Crippen LogP contribution in [-0.2, 0) is 16.2 Å². The van der Waals surface area contributed by atoms with Gasteiger partial charge in [0.25, 0.3) is 0 Å². The third-order valence-electron chi connectivity index (χ3n) is 2.55. The molecular formula is C11H20N4O2. The van der Waals surface area contributed by atoms with E-state index in [9.17, 15) is 4.79 Å². The Morgan fingerprint density at radius 2 is 2.29 bits per heavy atom. The molecule has 0 bridgehead atoms. The van der Waals surface area contributed by atoms with Gasteiger partial charge in [0.15, 0.2) is 0 Å². The summed E-state index contributed by atoms with van der Waals surface area (Å²) in [6.45, 7) is 4.61. The molecule has 0 unspecified atom stereocenters. The van der Waals surface area contributed by atoms with E-state index in [-0.39, 0.29) is 6.61 Å². The summed E-state index contributed by atoms with van der Waals surface area (Å²) in [4.78, 5) is 15.3. The molecular weight excluding hydrogens is 220 g/mol. The number of nitrogens with two attached hydrogens (primary N) is 1. The van der Waals surface area contributed by atoms with Gasteiger partial charge < -0.3 is 5.73 Å². The van der Waals surface area contributed by atoms with Crippen molar-refractivity contribution in [2.24, 2.45) is 5.73 Å². The largest absolute Gasteiger partial charge is 0.368 e. The second-order valence-electron chi connectivity index (χ2n) is 3.83. The number of carbonyl (C=O) groups is 1. The molecule has 0 spiro atoms. The fraction of sp³-hybridized carbons (Fsp3) is 0.636. The SMILES string of the molecule is CCC(CC)n1ccc(CNOCC(N)=O)n1. The summed E-state index contributed by atoms with van der Waals surface area (Å²) in [6, 6.07) is 2.37. The summed E-state index contributed by atoms with van der Waals surface area (Å²) in [5.41, 5.74) is 8.45.